The van der Waals surface area contributed by atoms with E-state index in [0.29, 0.717) is 25.4 Å². The second kappa shape index (κ2) is 7.78. The molecule has 0 aliphatic heterocycles. The zero-order chi connectivity index (χ0) is 17.6. The van der Waals surface area contributed by atoms with E-state index in [1.54, 1.807) is 24.7 Å². The largest absolute Gasteiger partial charge is 0.491 e. The van der Waals surface area contributed by atoms with Crippen molar-refractivity contribution in [2.75, 3.05) is 20.3 Å². The van der Waals surface area contributed by atoms with Gasteiger partial charge < -0.3 is 14.0 Å². The molecule has 1 aromatic carbocycles. The number of fused-ring (bicyclic) bond motifs is 1. The SMILES string of the molecule is COCCOc1ccc(Cn2ccc3ccc(C(=O)NO)nc32)cc1. The lowest BCUT2D eigenvalue weighted by molar-refractivity contribution is 0.0701. The van der Waals surface area contributed by atoms with Crippen LogP contribution in [0, 0.1) is 0 Å². The van der Waals surface area contributed by atoms with Gasteiger partial charge in [-0.25, -0.2) is 10.5 Å². The van der Waals surface area contributed by atoms with Crippen LogP contribution in [0.15, 0.2) is 48.7 Å². The highest BCUT2D eigenvalue weighted by Gasteiger charge is 2.10. The molecule has 0 aliphatic rings. The van der Waals surface area contributed by atoms with E-state index in [1.165, 1.54) is 0 Å². The van der Waals surface area contributed by atoms with E-state index in [4.69, 9.17) is 14.7 Å². The number of hydrogen-bond acceptors (Lipinski definition) is 5. The fraction of sp³-hybridized carbons (Fsp3) is 0.222. The molecule has 2 N–H and O–H groups in total. The van der Waals surface area contributed by atoms with Gasteiger partial charge in [0.1, 0.15) is 23.7 Å². The molecule has 0 bridgehead atoms. The second-order valence-corrected chi connectivity index (χ2v) is 5.48. The van der Waals surface area contributed by atoms with Crippen molar-refractivity contribution >= 4 is 16.9 Å². The van der Waals surface area contributed by atoms with Gasteiger partial charge in [-0.05, 0) is 35.9 Å². The number of aromatic nitrogens is 2. The smallest absolute Gasteiger partial charge is 0.293 e. The summed E-state index contributed by atoms with van der Waals surface area (Å²) in [6.45, 7) is 1.67. The van der Waals surface area contributed by atoms with E-state index in [0.717, 1.165) is 16.7 Å². The number of ether oxygens (including phenoxy) is 2. The topological polar surface area (TPSA) is 85.6 Å². The Bertz CT molecular complexity index is 858. The molecule has 130 valence electrons. The van der Waals surface area contributed by atoms with Gasteiger partial charge in [0.25, 0.3) is 5.91 Å². The van der Waals surface area contributed by atoms with Crippen molar-refractivity contribution in [3.63, 3.8) is 0 Å². The summed E-state index contributed by atoms with van der Waals surface area (Å²) in [7, 11) is 1.64. The van der Waals surface area contributed by atoms with Crippen LogP contribution in [0.1, 0.15) is 16.1 Å². The predicted molar refractivity (Wildman–Crippen MR) is 91.9 cm³/mol. The fourth-order valence-corrected chi connectivity index (χ4v) is 2.50. The molecule has 0 saturated heterocycles. The molecule has 2 aromatic heterocycles. The molecule has 7 nitrogen and oxygen atoms in total. The summed E-state index contributed by atoms with van der Waals surface area (Å²) in [6, 6.07) is 13.1. The lowest BCUT2D eigenvalue weighted by atomic mass is 10.2. The highest BCUT2D eigenvalue weighted by Crippen LogP contribution is 2.18. The molecule has 3 aromatic rings. The number of hydroxylamine groups is 1. The molecule has 7 heteroatoms. The van der Waals surface area contributed by atoms with Crippen LogP contribution in [0.5, 0.6) is 5.75 Å². The summed E-state index contributed by atoms with van der Waals surface area (Å²) in [6.07, 6.45) is 1.92. The van der Waals surface area contributed by atoms with Crippen molar-refractivity contribution in [1.29, 1.82) is 0 Å². The molecule has 0 atom stereocenters. The Hall–Kier alpha value is -2.90. The molecular weight excluding hydrogens is 322 g/mol. The molecule has 0 spiro atoms. The zero-order valence-corrected chi connectivity index (χ0v) is 13.8. The Kier molecular flexibility index (Phi) is 5.27. The van der Waals surface area contributed by atoms with Gasteiger partial charge in [-0.2, -0.15) is 0 Å². The monoisotopic (exact) mass is 341 g/mol. The Morgan fingerprint density at radius 3 is 2.68 bits per heavy atom. The van der Waals surface area contributed by atoms with E-state index in [9.17, 15) is 4.79 Å². The minimum absolute atomic E-state index is 0.164. The van der Waals surface area contributed by atoms with E-state index >= 15 is 0 Å². The van der Waals surface area contributed by atoms with Crippen molar-refractivity contribution in [2.45, 2.75) is 6.54 Å². The molecule has 2 heterocycles. The Balaban J connectivity index is 1.77. The third-order valence-electron chi connectivity index (χ3n) is 3.78. The molecule has 25 heavy (non-hydrogen) atoms. The summed E-state index contributed by atoms with van der Waals surface area (Å²) in [5, 5.41) is 9.68. The highest BCUT2D eigenvalue weighted by molar-refractivity contribution is 5.93. The summed E-state index contributed by atoms with van der Waals surface area (Å²) in [4.78, 5) is 15.9. The Morgan fingerprint density at radius 2 is 1.96 bits per heavy atom. The Labute approximate surface area is 144 Å². The van der Waals surface area contributed by atoms with Gasteiger partial charge in [-0.1, -0.05) is 12.1 Å². The van der Waals surface area contributed by atoms with Crippen LogP contribution >= 0.6 is 0 Å². The second-order valence-electron chi connectivity index (χ2n) is 5.48. The highest BCUT2D eigenvalue weighted by atomic mass is 16.5. The van der Waals surface area contributed by atoms with Crippen LogP contribution in [0.3, 0.4) is 0 Å². The maximum absolute atomic E-state index is 11.5. The molecule has 3 rings (SSSR count). The first-order chi connectivity index (χ1) is 12.2. The first kappa shape index (κ1) is 16.9. The van der Waals surface area contributed by atoms with E-state index < -0.39 is 5.91 Å². The third kappa shape index (κ3) is 3.96. The molecule has 1 amide bonds. The average Bonchev–Trinajstić information content (AvgIpc) is 3.05. The van der Waals surface area contributed by atoms with Crippen LogP contribution in [-0.2, 0) is 11.3 Å². The van der Waals surface area contributed by atoms with E-state index in [2.05, 4.69) is 4.98 Å². The van der Waals surface area contributed by atoms with Gasteiger partial charge in [0, 0.05) is 25.2 Å². The maximum atomic E-state index is 11.5. The minimum Gasteiger partial charge on any atom is -0.491 e. The average molecular weight is 341 g/mol. The number of rotatable bonds is 7. The zero-order valence-electron chi connectivity index (χ0n) is 13.8. The van der Waals surface area contributed by atoms with Crippen LogP contribution in [-0.4, -0.2) is 41.0 Å². The number of amides is 1. The number of benzene rings is 1. The fourth-order valence-electron chi connectivity index (χ4n) is 2.50. The van der Waals surface area contributed by atoms with E-state index in [1.807, 2.05) is 41.1 Å². The van der Waals surface area contributed by atoms with Crippen molar-refractivity contribution < 1.29 is 19.5 Å². The standard InChI is InChI=1S/C18H19N3O4/c1-24-10-11-25-15-5-2-13(3-6-15)12-21-9-8-14-4-7-16(18(22)20-23)19-17(14)21/h2-9,23H,10-12H2,1H3,(H,20,22). The van der Waals surface area contributed by atoms with Crippen molar-refractivity contribution in [3.8, 4) is 5.75 Å². The molecule has 0 aliphatic carbocycles. The van der Waals surface area contributed by atoms with Crippen LogP contribution in [0.25, 0.3) is 11.0 Å². The van der Waals surface area contributed by atoms with Gasteiger partial charge in [-0.15, -0.1) is 0 Å². The number of carbonyl (C=O) groups excluding carboxylic acids is 1. The van der Waals surface area contributed by atoms with Crippen LogP contribution in [0.4, 0.5) is 0 Å². The van der Waals surface area contributed by atoms with Gasteiger partial charge >= 0.3 is 0 Å². The molecule has 0 fully saturated rings. The van der Waals surface area contributed by atoms with Gasteiger partial charge in [0.05, 0.1) is 6.61 Å². The summed E-state index contributed by atoms with van der Waals surface area (Å²) < 4.78 is 12.5. The number of nitrogens with zero attached hydrogens (tertiary/aromatic N) is 2. The number of hydrogen-bond donors (Lipinski definition) is 2. The van der Waals surface area contributed by atoms with Gasteiger partial charge in [0.2, 0.25) is 0 Å². The third-order valence-corrected chi connectivity index (χ3v) is 3.78. The quantitative estimate of drug-likeness (QED) is 0.391. The van der Waals surface area contributed by atoms with Crippen molar-refractivity contribution in [3.05, 3.63) is 59.9 Å². The first-order valence-electron chi connectivity index (χ1n) is 7.82. The number of pyridine rings is 1. The number of methoxy groups -OCH3 is 1. The van der Waals surface area contributed by atoms with Gasteiger partial charge in [-0.3, -0.25) is 10.0 Å². The molecule has 0 unspecified atom stereocenters. The van der Waals surface area contributed by atoms with E-state index in [-0.39, 0.29) is 5.69 Å². The molecule has 0 radical (unpaired) electrons. The molecular formula is C18H19N3O4. The maximum Gasteiger partial charge on any atom is 0.293 e. The summed E-state index contributed by atoms with van der Waals surface area (Å²) in [5.74, 6) is 0.158. The predicted octanol–water partition coefficient (Wildman–Crippen LogP) is 2.23. The Morgan fingerprint density at radius 1 is 1.16 bits per heavy atom. The van der Waals surface area contributed by atoms with Crippen molar-refractivity contribution in [2.24, 2.45) is 0 Å². The number of carbonyl (C=O) groups is 1. The number of nitrogens with one attached hydrogen (secondary N) is 1. The lowest BCUT2D eigenvalue weighted by Crippen LogP contribution is -2.20. The van der Waals surface area contributed by atoms with Gasteiger partial charge in [0.15, 0.2) is 0 Å². The summed E-state index contributed by atoms with van der Waals surface area (Å²) >= 11 is 0. The lowest BCUT2D eigenvalue weighted by Gasteiger charge is -2.08. The first-order valence-corrected chi connectivity index (χ1v) is 7.82. The molecule has 0 saturated carbocycles. The van der Waals surface area contributed by atoms with Crippen molar-refractivity contribution in [1.82, 2.24) is 15.0 Å². The minimum atomic E-state index is -0.632. The van der Waals surface area contributed by atoms with Crippen LogP contribution in [0.2, 0.25) is 0 Å². The normalized spacial score (nSPS) is 10.8. The summed E-state index contributed by atoms with van der Waals surface area (Å²) in [5.41, 5.74) is 3.53. The van der Waals surface area contributed by atoms with Crippen LogP contribution < -0.4 is 10.2 Å².